The lowest BCUT2D eigenvalue weighted by Crippen LogP contribution is -2.31. The number of rotatable bonds is 4. The van der Waals surface area contributed by atoms with E-state index in [1.165, 1.54) is 54.3 Å². The normalized spacial score (nSPS) is 13.3. The molecule has 234 valence electrons. The lowest BCUT2D eigenvalue weighted by molar-refractivity contribution is 0.722. The molecule has 50 heavy (non-hydrogen) atoms. The van der Waals surface area contributed by atoms with Gasteiger partial charge in [0.25, 0.3) is 0 Å². The number of benzene rings is 7. The maximum absolute atomic E-state index is 5.32. The summed E-state index contributed by atoms with van der Waals surface area (Å²) in [5.74, 6) is 0.716. The minimum Gasteiger partial charge on any atom is -0.228 e. The Morgan fingerprint density at radius 2 is 0.860 bits per heavy atom. The van der Waals surface area contributed by atoms with Gasteiger partial charge in [0.1, 0.15) is 0 Å². The van der Waals surface area contributed by atoms with E-state index in [9.17, 15) is 0 Å². The molecule has 10 rings (SSSR count). The Morgan fingerprint density at radius 1 is 0.360 bits per heavy atom. The van der Waals surface area contributed by atoms with Crippen molar-refractivity contribution in [3.8, 4) is 56.2 Å². The van der Waals surface area contributed by atoms with Crippen LogP contribution in [0, 0.1) is 0 Å². The summed E-state index contributed by atoms with van der Waals surface area (Å²) >= 11 is 1.87. The second-order valence-electron chi connectivity index (χ2n) is 12.9. The molecule has 3 heteroatoms. The first-order valence-corrected chi connectivity index (χ1v) is 17.8. The predicted molar refractivity (Wildman–Crippen MR) is 205 cm³/mol. The molecule has 1 aliphatic heterocycles. The Hall–Kier alpha value is -6.03. The summed E-state index contributed by atoms with van der Waals surface area (Å²) in [6, 6.07) is 65.4. The number of hydrogen-bond donors (Lipinski definition) is 0. The SMILES string of the molecule is c1ccc(-c2ccc(-c3cc(-c4cccc5c4-c4ccccc4C54c5ccccc5Sc5ccccc54)nc(-c4ccccc4)n3)cc2)cc1. The van der Waals surface area contributed by atoms with Gasteiger partial charge >= 0.3 is 0 Å². The van der Waals surface area contributed by atoms with E-state index in [1.54, 1.807) is 0 Å². The largest absolute Gasteiger partial charge is 0.228 e. The first kappa shape index (κ1) is 28.9. The van der Waals surface area contributed by atoms with E-state index in [1.807, 2.05) is 17.8 Å². The van der Waals surface area contributed by atoms with Crippen molar-refractivity contribution in [3.05, 3.63) is 204 Å². The Kier molecular flexibility index (Phi) is 6.68. The molecule has 1 aromatic heterocycles. The fourth-order valence-corrected chi connectivity index (χ4v) is 9.22. The van der Waals surface area contributed by atoms with Crippen molar-refractivity contribution in [2.24, 2.45) is 0 Å². The van der Waals surface area contributed by atoms with E-state index >= 15 is 0 Å². The molecule has 2 heterocycles. The molecule has 1 spiro atoms. The Labute approximate surface area is 296 Å². The third-order valence-electron chi connectivity index (χ3n) is 10.2. The third-order valence-corrected chi connectivity index (χ3v) is 11.3. The maximum Gasteiger partial charge on any atom is 0.160 e. The van der Waals surface area contributed by atoms with Crippen LogP contribution in [0.2, 0.25) is 0 Å². The molecule has 0 radical (unpaired) electrons. The molecule has 0 amide bonds. The molecule has 2 aliphatic rings. The minimum absolute atomic E-state index is 0.439. The summed E-state index contributed by atoms with van der Waals surface area (Å²) in [6.07, 6.45) is 0. The lowest BCUT2D eigenvalue weighted by atomic mass is 9.67. The first-order valence-electron chi connectivity index (χ1n) is 17.0. The van der Waals surface area contributed by atoms with Crippen molar-refractivity contribution in [1.29, 1.82) is 0 Å². The Morgan fingerprint density at radius 3 is 1.56 bits per heavy atom. The molecule has 0 fully saturated rings. The topological polar surface area (TPSA) is 25.8 Å². The van der Waals surface area contributed by atoms with E-state index in [2.05, 4.69) is 176 Å². The standard InChI is InChI=1S/C47H30N2S/c1-3-14-31(15-4-1)32-26-28-33(29-27-32)41-30-42(49-46(48-41)34-16-5-2-6-17-34)36-19-13-23-40-45(36)35-18-7-8-20-37(35)47(40)38-21-9-11-24-43(38)50-44-25-12-10-22-39(44)47/h1-30H. The van der Waals surface area contributed by atoms with Crippen LogP contribution >= 0.6 is 11.8 Å². The van der Waals surface area contributed by atoms with Crippen LogP contribution in [-0.2, 0) is 5.41 Å². The lowest BCUT2D eigenvalue weighted by Gasteiger charge is -2.39. The molecule has 7 aromatic carbocycles. The number of nitrogens with zero attached hydrogens (tertiary/aromatic N) is 2. The van der Waals surface area contributed by atoms with Crippen LogP contribution in [0.4, 0.5) is 0 Å². The Bertz CT molecular complexity index is 2510. The zero-order valence-corrected chi connectivity index (χ0v) is 27.9. The fourth-order valence-electron chi connectivity index (χ4n) is 8.03. The van der Waals surface area contributed by atoms with Gasteiger partial charge in [-0.25, -0.2) is 9.97 Å². The molecule has 0 unspecified atom stereocenters. The average Bonchev–Trinajstić information content (AvgIpc) is 3.49. The number of aromatic nitrogens is 2. The first-order chi connectivity index (χ1) is 24.8. The molecule has 0 saturated carbocycles. The van der Waals surface area contributed by atoms with Crippen molar-refractivity contribution >= 4 is 11.8 Å². The van der Waals surface area contributed by atoms with Gasteiger partial charge in [-0.2, -0.15) is 0 Å². The van der Waals surface area contributed by atoms with Crippen LogP contribution in [0.3, 0.4) is 0 Å². The van der Waals surface area contributed by atoms with Crippen molar-refractivity contribution < 1.29 is 0 Å². The Balaban J connectivity index is 1.22. The van der Waals surface area contributed by atoms with Gasteiger partial charge < -0.3 is 0 Å². The van der Waals surface area contributed by atoms with E-state index in [-0.39, 0.29) is 0 Å². The van der Waals surface area contributed by atoms with Gasteiger partial charge in [-0.1, -0.05) is 176 Å². The van der Waals surface area contributed by atoms with Crippen molar-refractivity contribution in [3.63, 3.8) is 0 Å². The highest BCUT2D eigenvalue weighted by atomic mass is 32.2. The molecule has 1 aliphatic carbocycles. The van der Waals surface area contributed by atoms with E-state index in [4.69, 9.17) is 9.97 Å². The molecule has 0 saturated heterocycles. The quantitative estimate of drug-likeness (QED) is 0.189. The zero-order chi connectivity index (χ0) is 33.1. The smallest absolute Gasteiger partial charge is 0.160 e. The van der Waals surface area contributed by atoms with Crippen LogP contribution in [0.1, 0.15) is 22.3 Å². The van der Waals surface area contributed by atoms with Crippen LogP contribution in [0.5, 0.6) is 0 Å². The fraction of sp³-hybridized carbons (Fsp3) is 0.0213. The molecular weight excluding hydrogens is 625 g/mol. The number of hydrogen-bond acceptors (Lipinski definition) is 3. The maximum atomic E-state index is 5.32. The molecule has 0 N–H and O–H groups in total. The van der Waals surface area contributed by atoms with Gasteiger partial charge in [-0.05, 0) is 62.7 Å². The highest BCUT2D eigenvalue weighted by Crippen LogP contribution is 2.63. The average molecular weight is 655 g/mol. The molecule has 0 atom stereocenters. The van der Waals surface area contributed by atoms with Crippen molar-refractivity contribution in [2.75, 3.05) is 0 Å². The summed E-state index contributed by atoms with van der Waals surface area (Å²) in [5.41, 5.74) is 14.7. The number of fused-ring (bicyclic) bond motifs is 9. The minimum atomic E-state index is -0.439. The van der Waals surface area contributed by atoms with Gasteiger partial charge in [0.2, 0.25) is 0 Å². The van der Waals surface area contributed by atoms with Gasteiger partial charge in [-0.3, -0.25) is 0 Å². The third kappa shape index (κ3) is 4.37. The van der Waals surface area contributed by atoms with Crippen molar-refractivity contribution in [1.82, 2.24) is 9.97 Å². The molecule has 0 bridgehead atoms. The van der Waals surface area contributed by atoms with Gasteiger partial charge in [0.05, 0.1) is 16.8 Å². The monoisotopic (exact) mass is 654 g/mol. The highest BCUT2D eigenvalue weighted by molar-refractivity contribution is 7.99. The van der Waals surface area contributed by atoms with Gasteiger partial charge in [0, 0.05) is 26.5 Å². The second-order valence-corrected chi connectivity index (χ2v) is 14.0. The summed E-state index contributed by atoms with van der Waals surface area (Å²) in [6.45, 7) is 0. The van der Waals surface area contributed by atoms with E-state index in [0.717, 1.165) is 28.1 Å². The molecule has 2 nitrogen and oxygen atoms in total. The summed E-state index contributed by atoms with van der Waals surface area (Å²) in [7, 11) is 0. The van der Waals surface area contributed by atoms with Crippen LogP contribution in [0.15, 0.2) is 192 Å². The van der Waals surface area contributed by atoms with Crippen LogP contribution in [-0.4, -0.2) is 9.97 Å². The molecule has 8 aromatic rings. The van der Waals surface area contributed by atoms with Gasteiger partial charge in [-0.15, -0.1) is 0 Å². The predicted octanol–water partition coefficient (Wildman–Crippen LogP) is 12.0. The van der Waals surface area contributed by atoms with Crippen molar-refractivity contribution in [2.45, 2.75) is 15.2 Å². The van der Waals surface area contributed by atoms with E-state index in [0.29, 0.717) is 5.82 Å². The van der Waals surface area contributed by atoms with E-state index < -0.39 is 5.41 Å². The van der Waals surface area contributed by atoms with Crippen LogP contribution in [0.25, 0.3) is 56.2 Å². The summed E-state index contributed by atoms with van der Waals surface area (Å²) < 4.78 is 0. The van der Waals surface area contributed by atoms with Crippen LogP contribution < -0.4 is 0 Å². The summed E-state index contributed by atoms with van der Waals surface area (Å²) in [5, 5.41) is 0. The molecular formula is C47H30N2S. The second kappa shape index (κ2) is 11.5. The zero-order valence-electron chi connectivity index (χ0n) is 27.1. The highest BCUT2D eigenvalue weighted by Gasteiger charge is 2.50. The summed E-state index contributed by atoms with van der Waals surface area (Å²) in [4.78, 5) is 13.1. The van der Waals surface area contributed by atoms with Gasteiger partial charge in [0.15, 0.2) is 5.82 Å².